The van der Waals surface area contributed by atoms with Crippen molar-refractivity contribution >= 4 is 22.5 Å². The van der Waals surface area contributed by atoms with Crippen LogP contribution >= 0.6 is 0 Å². The third kappa shape index (κ3) is 5.30. The van der Waals surface area contributed by atoms with Crippen molar-refractivity contribution in [3.05, 3.63) is 89.0 Å². The Morgan fingerprint density at radius 2 is 1.83 bits per heavy atom. The Bertz CT molecular complexity index is 2210. The Balaban J connectivity index is 1.64. The van der Waals surface area contributed by atoms with Crippen LogP contribution < -0.4 is 4.74 Å². The van der Waals surface area contributed by atoms with Crippen LogP contribution in [0, 0.1) is 19.7 Å². The highest BCUT2D eigenvalue weighted by Gasteiger charge is 2.36. The van der Waals surface area contributed by atoms with E-state index in [0.717, 1.165) is 45.1 Å². The fraction of sp³-hybridized carbons (Fsp3) is 0.316. The first-order chi connectivity index (χ1) is 23.0. The number of carbonyl (C=O) groups is 1. The second kappa shape index (κ2) is 11.9. The van der Waals surface area contributed by atoms with Gasteiger partial charge in [0.1, 0.15) is 5.69 Å². The van der Waals surface area contributed by atoms with Crippen molar-refractivity contribution in [3.8, 4) is 39.4 Å². The molecule has 1 aliphatic heterocycles. The molecule has 48 heavy (non-hydrogen) atoms. The lowest BCUT2D eigenvalue weighted by molar-refractivity contribution is -0.164. The van der Waals surface area contributed by atoms with Gasteiger partial charge in [-0.05, 0) is 76.8 Å². The normalized spacial score (nSPS) is 13.8. The summed E-state index contributed by atoms with van der Waals surface area (Å²) in [6, 6.07) is 17.5. The summed E-state index contributed by atoms with van der Waals surface area (Å²) in [7, 11) is 3.24. The van der Waals surface area contributed by atoms with Crippen LogP contribution in [0.5, 0.6) is 5.75 Å². The molecule has 9 nitrogen and oxygen atoms in total. The first-order valence-electron chi connectivity index (χ1n) is 16.1. The second-order valence-electron chi connectivity index (χ2n) is 13.3. The van der Waals surface area contributed by atoms with Gasteiger partial charge in [0.25, 0.3) is 0 Å². The summed E-state index contributed by atoms with van der Waals surface area (Å²) < 4.78 is 37.1. The Kier molecular flexibility index (Phi) is 7.78. The Morgan fingerprint density at radius 1 is 1.06 bits per heavy atom. The van der Waals surface area contributed by atoms with Crippen molar-refractivity contribution < 1.29 is 23.4 Å². The van der Waals surface area contributed by atoms with Crippen LogP contribution in [-0.2, 0) is 27.7 Å². The number of nitrogens with zero attached hydrogens (tertiary/aromatic N) is 5. The largest absolute Gasteiger partial charge is 0.490 e. The Hall–Kier alpha value is -5.09. The highest BCUT2D eigenvalue weighted by Crippen LogP contribution is 2.44. The number of aryl methyl sites for hydroxylation is 2. The summed E-state index contributed by atoms with van der Waals surface area (Å²) >= 11 is 0. The fourth-order valence-electron chi connectivity index (χ4n) is 6.72. The summed E-state index contributed by atoms with van der Waals surface area (Å²) in [5.41, 5.74) is 7.80. The Labute approximate surface area is 278 Å². The maximum absolute atomic E-state index is 16.0. The summed E-state index contributed by atoms with van der Waals surface area (Å²) in [6.45, 7) is 9.89. The van der Waals surface area contributed by atoms with Crippen LogP contribution in [0.3, 0.4) is 0 Å². The first kappa shape index (κ1) is 31.5. The molecule has 3 aromatic carbocycles. The van der Waals surface area contributed by atoms with Crippen molar-refractivity contribution in [1.29, 1.82) is 0 Å². The van der Waals surface area contributed by atoms with Crippen molar-refractivity contribution in [3.63, 3.8) is 0 Å². The average Bonchev–Trinajstić information content (AvgIpc) is 3.64. The zero-order valence-electron chi connectivity index (χ0n) is 28.2. The van der Waals surface area contributed by atoms with E-state index in [9.17, 15) is 4.79 Å². The SMILES string of the molecule is COC(=O)[C@@H](OC(C)(C)C)c1c(C)nc2c(-c3ccc4c(cnn4C)c3)c(-c3ccccc3)nn2c1-c1cc(F)c2c(c1C)CCCO2. The minimum Gasteiger partial charge on any atom is -0.490 e. The predicted octanol–water partition coefficient (Wildman–Crippen LogP) is 7.73. The van der Waals surface area contributed by atoms with Gasteiger partial charge in [0.15, 0.2) is 23.3 Å². The van der Waals surface area contributed by atoms with Gasteiger partial charge in [-0.15, -0.1) is 0 Å². The molecular formula is C38H38FN5O4. The molecule has 10 heteroatoms. The molecule has 1 aliphatic rings. The number of hydrogen-bond acceptors (Lipinski definition) is 7. The number of benzene rings is 3. The highest BCUT2D eigenvalue weighted by atomic mass is 19.1. The molecule has 3 aromatic heterocycles. The third-order valence-corrected chi connectivity index (χ3v) is 8.91. The standard InChI is InChI=1S/C38H38FN5O4/c1-21-26-14-11-17-47-34(26)28(39)19-27(21)33-30(35(37(45)46-7)48-38(3,4)5)22(2)41-36-31(24-15-16-29-25(18-24)20-40-43(29)6)32(42-44(33)36)23-12-9-8-10-13-23/h8-10,12-13,15-16,18-20,35H,11,14,17H2,1-7H3/t35-/m0/s1. The molecule has 0 radical (unpaired) electrons. The van der Waals surface area contributed by atoms with E-state index in [2.05, 4.69) is 11.2 Å². The average molecular weight is 648 g/mol. The lowest BCUT2D eigenvalue weighted by atomic mass is 9.90. The summed E-state index contributed by atoms with van der Waals surface area (Å²) in [4.78, 5) is 18.7. The van der Waals surface area contributed by atoms with E-state index in [1.807, 2.05) is 95.0 Å². The van der Waals surface area contributed by atoms with Crippen molar-refractivity contribution in [2.24, 2.45) is 7.05 Å². The molecule has 6 aromatic rings. The van der Waals surface area contributed by atoms with E-state index in [4.69, 9.17) is 24.3 Å². The lowest BCUT2D eigenvalue weighted by Crippen LogP contribution is -2.30. The zero-order valence-corrected chi connectivity index (χ0v) is 28.2. The van der Waals surface area contributed by atoms with Crippen LogP contribution in [0.4, 0.5) is 4.39 Å². The van der Waals surface area contributed by atoms with E-state index in [1.165, 1.54) is 13.2 Å². The molecule has 0 fully saturated rings. The molecule has 4 heterocycles. The van der Waals surface area contributed by atoms with Gasteiger partial charge in [-0.3, -0.25) is 4.68 Å². The van der Waals surface area contributed by atoms with Crippen LogP contribution in [-0.4, -0.2) is 49.7 Å². The monoisotopic (exact) mass is 647 g/mol. The van der Waals surface area contributed by atoms with Crippen molar-refractivity contribution in [2.75, 3.05) is 13.7 Å². The molecule has 1 atom stereocenters. The number of methoxy groups -OCH3 is 1. The predicted molar refractivity (Wildman–Crippen MR) is 182 cm³/mol. The van der Waals surface area contributed by atoms with Crippen LogP contribution in [0.2, 0.25) is 0 Å². The van der Waals surface area contributed by atoms with Gasteiger partial charge in [-0.1, -0.05) is 36.4 Å². The van der Waals surface area contributed by atoms with E-state index >= 15 is 4.39 Å². The van der Waals surface area contributed by atoms with Gasteiger partial charge in [-0.2, -0.15) is 10.2 Å². The maximum atomic E-state index is 16.0. The number of hydrogen-bond donors (Lipinski definition) is 0. The number of esters is 1. The first-order valence-corrected chi connectivity index (χ1v) is 16.1. The smallest absolute Gasteiger partial charge is 0.339 e. The number of aromatic nitrogens is 5. The molecule has 0 unspecified atom stereocenters. The van der Waals surface area contributed by atoms with Crippen molar-refractivity contribution in [1.82, 2.24) is 24.4 Å². The van der Waals surface area contributed by atoms with Gasteiger partial charge < -0.3 is 14.2 Å². The van der Waals surface area contributed by atoms with Crippen LogP contribution in [0.15, 0.2) is 60.8 Å². The fourth-order valence-corrected chi connectivity index (χ4v) is 6.72. The number of carbonyl (C=O) groups excluding carboxylic acids is 1. The topological polar surface area (TPSA) is 92.8 Å². The van der Waals surface area contributed by atoms with E-state index < -0.39 is 23.5 Å². The molecule has 246 valence electrons. The molecule has 0 saturated heterocycles. The summed E-state index contributed by atoms with van der Waals surface area (Å²) in [5, 5.41) is 10.7. The molecule has 0 N–H and O–H groups in total. The number of rotatable bonds is 6. The molecule has 0 spiro atoms. The van der Waals surface area contributed by atoms with E-state index in [0.29, 0.717) is 46.9 Å². The number of fused-ring (bicyclic) bond motifs is 3. The zero-order chi connectivity index (χ0) is 33.9. The highest BCUT2D eigenvalue weighted by molar-refractivity contribution is 5.96. The molecule has 0 bridgehead atoms. The summed E-state index contributed by atoms with van der Waals surface area (Å²) in [5.74, 6) is -0.784. The number of ether oxygens (including phenoxy) is 3. The molecular weight excluding hydrogens is 609 g/mol. The van der Waals surface area contributed by atoms with E-state index in [-0.39, 0.29) is 5.75 Å². The van der Waals surface area contributed by atoms with Crippen LogP contribution in [0.25, 0.3) is 50.2 Å². The second-order valence-corrected chi connectivity index (χ2v) is 13.3. The third-order valence-electron chi connectivity index (χ3n) is 8.91. The van der Waals surface area contributed by atoms with Crippen LogP contribution in [0.1, 0.15) is 55.7 Å². The van der Waals surface area contributed by atoms with Gasteiger partial charge in [-0.25, -0.2) is 18.7 Å². The molecule has 0 aliphatic carbocycles. The lowest BCUT2D eigenvalue weighted by Gasteiger charge is -2.29. The quantitative estimate of drug-likeness (QED) is 0.171. The van der Waals surface area contributed by atoms with Gasteiger partial charge in [0.05, 0.1) is 42.3 Å². The number of halogens is 1. The van der Waals surface area contributed by atoms with Crippen molar-refractivity contribution in [2.45, 2.75) is 59.2 Å². The van der Waals surface area contributed by atoms with Gasteiger partial charge >= 0.3 is 5.97 Å². The summed E-state index contributed by atoms with van der Waals surface area (Å²) in [6.07, 6.45) is 2.10. The molecule has 0 amide bonds. The minimum absolute atomic E-state index is 0.275. The minimum atomic E-state index is -1.17. The Morgan fingerprint density at radius 3 is 2.56 bits per heavy atom. The molecule has 0 saturated carbocycles. The maximum Gasteiger partial charge on any atom is 0.339 e. The van der Waals surface area contributed by atoms with Gasteiger partial charge in [0, 0.05) is 40.4 Å². The van der Waals surface area contributed by atoms with Gasteiger partial charge in [0.2, 0.25) is 0 Å². The molecule has 7 rings (SSSR count). The van der Waals surface area contributed by atoms with E-state index in [1.54, 1.807) is 4.52 Å².